The van der Waals surface area contributed by atoms with Crippen LogP contribution in [0.15, 0.2) is 224 Å². The molecule has 0 radical (unpaired) electrons. The third kappa shape index (κ3) is 6.37. The van der Waals surface area contributed by atoms with Crippen molar-refractivity contribution in [2.24, 2.45) is 0 Å². The summed E-state index contributed by atoms with van der Waals surface area (Å²) in [4.78, 5) is 7.71. The Morgan fingerprint density at radius 2 is 0.915 bits per heavy atom. The van der Waals surface area contributed by atoms with Crippen LogP contribution in [-0.2, 0) is 0 Å². The largest absolute Gasteiger partial charge is 0.310 e. The van der Waals surface area contributed by atoms with Crippen LogP contribution in [0.3, 0.4) is 0 Å². The summed E-state index contributed by atoms with van der Waals surface area (Å²) >= 11 is 1.85. The maximum Gasteiger partial charge on any atom is 0.145 e. The molecule has 2 heterocycles. The quantitative estimate of drug-likeness (QED) is 0.153. The van der Waals surface area contributed by atoms with Gasteiger partial charge in [-0.1, -0.05) is 158 Å². The minimum atomic E-state index is 0.928. The van der Waals surface area contributed by atoms with Crippen LogP contribution in [0.5, 0.6) is 0 Å². The molecule has 0 aliphatic rings. The highest BCUT2D eigenvalue weighted by Gasteiger charge is 2.19. The van der Waals surface area contributed by atoms with Gasteiger partial charge in [-0.05, 0) is 94.5 Å². The van der Waals surface area contributed by atoms with Crippen LogP contribution in [0.4, 0.5) is 17.1 Å². The number of fused-ring (bicyclic) bond motifs is 4. The summed E-state index contributed by atoms with van der Waals surface area (Å²) in [5.74, 6) is 0.928. The van der Waals surface area contributed by atoms with Crippen molar-refractivity contribution >= 4 is 59.6 Å². The number of aromatic nitrogens is 2. The molecule has 4 heteroatoms. The highest BCUT2D eigenvalue weighted by Crippen LogP contribution is 2.42. The fourth-order valence-corrected chi connectivity index (χ4v) is 9.49. The highest BCUT2D eigenvalue weighted by atomic mass is 32.1. The molecule has 0 aliphatic heterocycles. The zero-order valence-corrected chi connectivity index (χ0v) is 32.9. The Morgan fingerprint density at radius 3 is 1.64 bits per heavy atom. The van der Waals surface area contributed by atoms with Gasteiger partial charge in [0.2, 0.25) is 0 Å². The molecular formula is C55H37N3S. The van der Waals surface area contributed by atoms with Crippen LogP contribution in [0, 0.1) is 0 Å². The van der Waals surface area contributed by atoms with Crippen molar-refractivity contribution in [3.8, 4) is 50.5 Å². The molecule has 11 aromatic rings. The zero-order valence-electron chi connectivity index (χ0n) is 32.1. The van der Waals surface area contributed by atoms with Crippen molar-refractivity contribution in [3.63, 3.8) is 0 Å². The smallest absolute Gasteiger partial charge is 0.145 e. The average Bonchev–Trinajstić information content (AvgIpc) is 3.89. The Kier molecular flexibility index (Phi) is 8.68. The van der Waals surface area contributed by atoms with E-state index < -0.39 is 0 Å². The van der Waals surface area contributed by atoms with E-state index in [0.717, 1.165) is 67.4 Å². The van der Waals surface area contributed by atoms with E-state index in [0.29, 0.717) is 0 Å². The van der Waals surface area contributed by atoms with Crippen molar-refractivity contribution in [1.82, 2.24) is 9.55 Å². The first-order valence-electron chi connectivity index (χ1n) is 20.0. The minimum absolute atomic E-state index is 0.928. The lowest BCUT2D eigenvalue weighted by Crippen LogP contribution is -2.09. The monoisotopic (exact) mass is 771 g/mol. The van der Waals surface area contributed by atoms with Crippen molar-refractivity contribution in [1.29, 1.82) is 0 Å². The van der Waals surface area contributed by atoms with Gasteiger partial charge in [0.25, 0.3) is 0 Å². The Labute approximate surface area is 347 Å². The SMILES string of the molecule is c1ccc(-c2ccc(N(c3ccc(-c4cccc(-c5cccc6c5nc(-c5ccccc5)n6-c5ccccc5)c4)cc3)c3ccc4c(c3)sc3ccccc34)cc2)cc1. The second-order valence-electron chi connectivity index (χ2n) is 14.8. The molecule has 0 spiro atoms. The van der Waals surface area contributed by atoms with Crippen molar-refractivity contribution < 1.29 is 0 Å². The molecule has 0 amide bonds. The number of nitrogens with zero attached hydrogens (tertiary/aromatic N) is 3. The van der Waals surface area contributed by atoms with Crippen LogP contribution < -0.4 is 4.90 Å². The molecule has 0 saturated heterocycles. The van der Waals surface area contributed by atoms with E-state index >= 15 is 0 Å². The van der Waals surface area contributed by atoms with Crippen molar-refractivity contribution in [2.75, 3.05) is 4.90 Å². The maximum atomic E-state index is 5.34. The molecule has 0 bridgehead atoms. The number of hydrogen-bond acceptors (Lipinski definition) is 3. The molecule has 3 nitrogen and oxygen atoms in total. The van der Waals surface area contributed by atoms with Gasteiger partial charge in [-0.25, -0.2) is 4.98 Å². The van der Waals surface area contributed by atoms with Crippen LogP contribution in [0.1, 0.15) is 0 Å². The lowest BCUT2D eigenvalue weighted by Gasteiger charge is -2.26. The van der Waals surface area contributed by atoms with E-state index in [-0.39, 0.29) is 0 Å². The molecule has 278 valence electrons. The van der Waals surface area contributed by atoms with Gasteiger partial charge in [0.15, 0.2) is 0 Å². The first-order valence-corrected chi connectivity index (χ1v) is 20.8. The summed E-state index contributed by atoms with van der Waals surface area (Å²) < 4.78 is 4.86. The Balaban J connectivity index is 0.980. The lowest BCUT2D eigenvalue weighted by molar-refractivity contribution is 1.10. The predicted octanol–water partition coefficient (Wildman–Crippen LogP) is 15.5. The van der Waals surface area contributed by atoms with Crippen LogP contribution >= 0.6 is 11.3 Å². The van der Waals surface area contributed by atoms with Crippen LogP contribution in [-0.4, -0.2) is 9.55 Å². The molecule has 2 aromatic heterocycles. The fourth-order valence-electron chi connectivity index (χ4n) is 8.36. The first-order chi connectivity index (χ1) is 29.2. The second-order valence-corrected chi connectivity index (χ2v) is 15.9. The van der Waals surface area contributed by atoms with E-state index in [9.17, 15) is 0 Å². The van der Waals surface area contributed by atoms with Gasteiger partial charge >= 0.3 is 0 Å². The van der Waals surface area contributed by atoms with Crippen molar-refractivity contribution in [2.45, 2.75) is 0 Å². The van der Waals surface area contributed by atoms with Crippen LogP contribution in [0.2, 0.25) is 0 Å². The summed E-state index contributed by atoms with van der Waals surface area (Å²) in [6.07, 6.45) is 0. The Morgan fingerprint density at radius 1 is 0.373 bits per heavy atom. The van der Waals surface area contributed by atoms with E-state index in [1.807, 2.05) is 11.3 Å². The zero-order chi connectivity index (χ0) is 39.1. The topological polar surface area (TPSA) is 21.1 Å². The minimum Gasteiger partial charge on any atom is -0.310 e. The van der Waals surface area contributed by atoms with E-state index in [4.69, 9.17) is 4.98 Å². The highest BCUT2D eigenvalue weighted by molar-refractivity contribution is 7.25. The molecule has 11 rings (SSSR count). The molecule has 59 heavy (non-hydrogen) atoms. The molecule has 0 unspecified atom stereocenters. The molecular weight excluding hydrogens is 735 g/mol. The lowest BCUT2D eigenvalue weighted by atomic mass is 9.98. The van der Waals surface area contributed by atoms with E-state index in [2.05, 4.69) is 234 Å². The van der Waals surface area contributed by atoms with Gasteiger partial charge in [0.05, 0.1) is 11.0 Å². The fraction of sp³-hybridized carbons (Fsp3) is 0. The van der Waals surface area contributed by atoms with E-state index in [1.54, 1.807) is 0 Å². The summed E-state index contributed by atoms with van der Waals surface area (Å²) in [6.45, 7) is 0. The summed E-state index contributed by atoms with van der Waals surface area (Å²) in [6, 6.07) is 80.4. The molecule has 0 aliphatic carbocycles. The van der Waals surface area contributed by atoms with Gasteiger partial charge in [0, 0.05) is 54.0 Å². The Hall–Kier alpha value is -7.53. The second kappa shape index (κ2) is 14.8. The van der Waals surface area contributed by atoms with Crippen molar-refractivity contribution in [3.05, 3.63) is 224 Å². The van der Waals surface area contributed by atoms with Gasteiger partial charge in [0.1, 0.15) is 5.82 Å². The number of benzene rings is 9. The van der Waals surface area contributed by atoms with Gasteiger partial charge in [-0.3, -0.25) is 4.57 Å². The normalized spacial score (nSPS) is 11.4. The standard InChI is InChI=1S/C55H37N3S/c1-4-14-38(15-5-1)39-26-30-45(31-27-39)57(47-34-35-50-49-22-10-11-25-52(49)59-53(50)37-47)46-32-28-40(29-33-46)42-18-12-19-43(36-42)48-23-13-24-51-54(48)56-55(41-16-6-2-7-17-41)58(51)44-20-8-3-9-21-44/h1-37H. The predicted molar refractivity (Wildman–Crippen MR) is 250 cm³/mol. The average molecular weight is 772 g/mol. The number of rotatable bonds is 8. The number of anilines is 3. The van der Waals surface area contributed by atoms with Crippen LogP contribution in [0.25, 0.3) is 81.7 Å². The summed E-state index contributed by atoms with van der Waals surface area (Å²) in [5, 5.41) is 2.60. The number of thiophene rings is 1. The van der Waals surface area contributed by atoms with Gasteiger partial charge in [-0.2, -0.15) is 0 Å². The number of para-hydroxylation sites is 2. The van der Waals surface area contributed by atoms with Gasteiger partial charge < -0.3 is 4.90 Å². The van der Waals surface area contributed by atoms with Gasteiger partial charge in [-0.15, -0.1) is 11.3 Å². The first kappa shape index (κ1) is 34.7. The molecule has 0 atom stereocenters. The molecule has 9 aromatic carbocycles. The van der Waals surface area contributed by atoms with E-state index in [1.165, 1.54) is 31.3 Å². The number of hydrogen-bond donors (Lipinski definition) is 0. The third-order valence-electron chi connectivity index (χ3n) is 11.2. The summed E-state index contributed by atoms with van der Waals surface area (Å²) in [5.41, 5.74) is 14.5. The Bertz CT molecular complexity index is 3240. The molecule has 0 saturated carbocycles. The maximum absolute atomic E-state index is 5.34. The third-order valence-corrected chi connectivity index (χ3v) is 12.4. The molecule has 0 N–H and O–H groups in total. The summed E-state index contributed by atoms with van der Waals surface area (Å²) in [7, 11) is 0. The molecule has 0 fully saturated rings. The number of imidazole rings is 1.